The molecule has 0 amide bonds. The summed E-state index contributed by atoms with van der Waals surface area (Å²) >= 11 is 8.22. The number of allylic oxidation sites excluding steroid dienone is 2. The standard InChI is InChI=1S/C16H18ClIO2/c1-12(18)11-14(17)7-8-15(19)9-10-16(20)13-5-3-2-4-6-13/h2-6,9-10,14,16,20H,1,7-8,11H2. The molecule has 0 saturated heterocycles. The number of carbonyl (C=O) groups excluding carboxylic acids is 1. The highest BCUT2D eigenvalue weighted by molar-refractivity contribution is 14.1. The first-order valence-corrected chi connectivity index (χ1v) is 7.92. The third-order valence-corrected chi connectivity index (χ3v) is 3.57. The van der Waals surface area contributed by atoms with Crippen molar-refractivity contribution in [3.8, 4) is 0 Å². The largest absolute Gasteiger partial charge is 0.384 e. The van der Waals surface area contributed by atoms with Crippen LogP contribution >= 0.6 is 34.2 Å². The zero-order valence-corrected chi connectivity index (χ0v) is 14.0. The number of halogens is 2. The van der Waals surface area contributed by atoms with Gasteiger partial charge in [-0.05, 0) is 56.7 Å². The zero-order chi connectivity index (χ0) is 15.0. The summed E-state index contributed by atoms with van der Waals surface area (Å²) in [4.78, 5) is 11.7. The maximum absolute atomic E-state index is 11.7. The molecule has 0 aromatic heterocycles. The summed E-state index contributed by atoms with van der Waals surface area (Å²) in [6.45, 7) is 3.79. The SMILES string of the molecule is C=C(I)CC(Cl)CCC(=O)C=CC(O)c1ccccc1. The predicted molar refractivity (Wildman–Crippen MR) is 92.2 cm³/mol. The van der Waals surface area contributed by atoms with Crippen LogP contribution in [0.1, 0.15) is 30.9 Å². The second-order valence-electron chi connectivity index (χ2n) is 4.54. The number of benzene rings is 1. The second-order valence-corrected chi connectivity index (χ2v) is 6.68. The summed E-state index contributed by atoms with van der Waals surface area (Å²) in [5, 5.41) is 9.83. The predicted octanol–water partition coefficient (Wildman–Crippen LogP) is 4.57. The van der Waals surface area contributed by atoms with Gasteiger partial charge in [0.05, 0.1) is 6.10 Å². The fourth-order valence-corrected chi connectivity index (χ4v) is 2.77. The van der Waals surface area contributed by atoms with Gasteiger partial charge in [-0.2, -0.15) is 0 Å². The van der Waals surface area contributed by atoms with E-state index in [2.05, 4.69) is 29.2 Å². The second kappa shape index (κ2) is 9.32. The molecular weight excluding hydrogens is 387 g/mol. The summed E-state index contributed by atoms with van der Waals surface area (Å²) in [6, 6.07) is 9.22. The summed E-state index contributed by atoms with van der Waals surface area (Å²) in [7, 11) is 0. The van der Waals surface area contributed by atoms with Gasteiger partial charge in [0, 0.05) is 11.8 Å². The number of hydrogen-bond donors (Lipinski definition) is 1. The Labute approximate surface area is 138 Å². The number of alkyl halides is 1. The number of ketones is 1. The van der Waals surface area contributed by atoms with Crippen LogP contribution in [-0.4, -0.2) is 16.3 Å². The minimum absolute atomic E-state index is 0.0234. The average molecular weight is 405 g/mol. The third kappa shape index (κ3) is 7.22. The van der Waals surface area contributed by atoms with Gasteiger partial charge in [-0.15, -0.1) is 11.6 Å². The lowest BCUT2D eigenvalue weighted by Crippen LogP contribution is -2.03. The van der Waals surface area contributed by atoms with Crippen molar-refractivity contribution in [1.29, 1.82) is 0 Å². The molecule has 1 N–H and O–H groups in total. The molecule has 0 saturated carbocycles. The normalized spacial score (nSPS) is 14.2. The van der Waals surface area contributed by atoms with E-state index in [-0.39, 0.29) is 11.2 Å². The van der Waals surface area contributed by atoms with Gasteiger partial charge >= 0.3 is 0 Å². The molecule has 1 aromatic carbocycles. The van der Waals surface area contributed by atoms with E-state index in [0.717, 1.165) is 9.14 Å². The van der Waals surface area contributed by atoms with Crippen molar-refractivity contribution in [3.63, 3.8) is 0 Å². The van der Waals surface area contributed by atoms with Crippen molar-refractivity contribution in [2.45, 2.75) is 30.7 Å². The number of aliphatic hydroxyl groups excluding tert-OH is 1. The molecule has 0 heterocycles. The summed E-state index contributed by atoms with van der Waals surface area (Å²) in [5.41, 5.74) is 0.771. The number of rotatable bonds is 8. The Bertz CT molecular complexity index is 471. The van der Waals surface area contributed by atoms with Crippen LogP contribution in [0.2, 0.25) is 0 Å². The topological polar surface area (TPSA) is 37.3 Å². The first-order valence-electron chi connectivity index (χ1n) is 6.40. The van der Waals surface area contributed by atoms with Crippen LogP contribution in [0, 0.1) is 0 Å². The van der Waals surface area contributed by atoms with Gasteiger partial charge in [0.1, 0.15) is 0 Å². The molecule has 0 aliphatic heterocycles. The molecule has 1 rings (SSSR count). The maximum Gasteiger partial charge on any atom is 0.155 e. The molecule has 2 atom stereocenters. The van der Waals surface area contributed by atoms with Crippen molar-refractivity contribution in [3.05, 3.63) is 58.2 Å². The van der Waals surface area contributed by atoms with Gasteiger partial charge in [0.15, 0.2) is 5.78 Å². The van der Waals surface area contributed by atoms with Crippen LogP contribution in [-0.2, 0) is 4.79 Å². The molecule has 0 radical (unpaired) electrons. The lowest BCUT2D eigenvalue weighted by atomic mass is 10.1. The van der Waals surface area contributed by atoms with E-state index in [0.29, 0.717) is 19.3 Å². The molecule has 0 bridgehead atoms. The Kier molecular flexibility index (Phi) is 8.11. The molecule has 20 heavy (non-hydrogen) atoms. The Balaban J connectivity index is 2.38. The molecular formula is C16H18ClIO2. The number of aliphatic hydroxyl groups is 1. The molecule has 2 nitrogen and oxygen atoms in total. The average Bonchev–Trinajstić information content (AvgIpc) is 2.42. The minimum Gasteiger partial charge on any atom is -0.384 e. The van der Waals surface area contributed by atoms with Gasteiger partial charge in [-0.1, -0.05) is 36.9 Å². The van der Waals surface area contributed by atoms with Crippen molar-refractivity contribution >= 4 is 40.0 Å². The summed E-state index contributed by atoms with van der Waals surface area (Å²) < 4.78 is 0.991. The fourth-order valence-electron chi connectivity index (χ4n) is 1.68. The van der Waals surface area contributed by atoms with Crippen molar-refractivity contribution in [1.82, 2.24) is 0 Å². The molecule has 0 aliphatic carbocycles. The molecule has 0 fully saturated rings. The van der Waals surface area contributed by atoms with E-state index in [1.807, 2.05) is 30.3 Å². The molecule has 1 aromatic rings. The van der Waals surface area contributed by atoms with Crippen LogP contribution in [0.25, 0.3) is 0 Å². The van der Waals surface area contributed by atoms with E-state index in [9.17, 15) is 9.90 Å². The number of carbonyl (C=O) groups is 1. The van der Waals surface area contributed by atoms with Crippen molar-refractivity contribution < 1.29 is 9.90 Å². The van der Waals surface area contributed by atoms with E-state index in [1.54, 1.807) is 0 Å². The van der Waals surface area contributed by atoms with E-state index < -0.39 is 6.10 Å². The Morgan fingerprint density at radius 1 is 1.40 bits per heavy atom. The van der Waals surface area contributed by atoms with Crippen LogP contribution in [0.3, 0.4) is 0 Å². The molecule has 108 valence electrons. The Morgan fingerprint density at radius 3 is 2.65 bits per heavy atom. The van der Waals surface area contributed by atoms with Crippen LogP contribution in [0.4, 0.5) is 0 Å². The molecule has 2 unspecified atom stereocenters. The van der Waals surface area contributed by atoms with Crippen molar-refractivity contribution in [2.75, 3.05) is 0 Å². The minimum atomic E-state index is -0.749. The molecule has 0 spiro atoms. The van der Waals surface area contributed by atoms with Crippen LogP contribution < -0.4 is 0 Å². The van der Waals surface area contributed by atoms with Crippen LogP contribution in [0.15, 0.2) is 52.6 Å². The highest BCUT2D eigenvalue weighted by Crippen LogP contribution is 2.19. The first-order chi connectivity index (χ1) is 9.49. The maximum atomic E-state index is 11.7. The van der Waals surface area contributed by atoms with Gasteiger partial charge in [0.2, 0.25) is 0 Å². The van der Waals surface area contributed by atoms with Gasteiger partial charge in [-0.25, -0.2) is 0 Å². The van der Waals surface area contributed by atoms with Gasteiger partial charge < -0.3 is 5.11 Å². The zero-order valence-electron chi connectivity index (χ0n) is 11.1. The molecule has 0 aliphatic rings. The first kappa shape index (κ1) is 17.4. The van der Waals surface area contributed by atoms with Gasteiger partial charge in [-0.3, -0.25) is 4.79 Å². The fraction of sp³-hybridized carbons (Fsp3) is 0.312. The highest BCUT2D eigenvalue weighted by Gasteiger charge is 2.08. The number of hydrogen-bond acceptors (Lipinski definition) is 2. The third-order valence-electron chi connectivity index (χ3n) is 2.75. The van der Waals surface area contributed by atoms with E-state index >= 15 is 0 Å². The monoisotopic (exact) mass is 404 g/mol. The quantitative estimate of drug-likeness (QED) is 0.391. The van der Waals surface area contributed by atoms with Gasteiger partial charge in [0.25, 0.3) is 0 Å². The Hall–Kier alpha value is -0.650. The highest BCUT2D eigenvalue weighted by atomic mass is 127. The lowest BCUT2D eigenvalue weighted by molar-refractivity contribution is -0.114. The van der Waals surface area contributed by atoms with E-state index in [4.69, 9.17) is 11.6 Å². The molecule has 4 heteroatoms. The Morgan fingerprint density at radius 2 is 2.05 bits per heavy atom. The van der Waals surface area contributed by atoms with Crippen molar-refractivity contribution in [2.24, 2.45) is 0 Å². The summed E-state index contributed by atoms with van der Waals surface area (Å²) in [6.07, 6.45) is 3.91. The lowest BCUT2D eigenvalue weighted by Gasteiger charge is -2.07. The smallest absolute Gasteiger partial charge is 0.155 e. The van der Waals surface area contributed by atoms with Crippen LogP contribution in [0.5, 0.6) is 0 Å². The van der Waals surface area contributed by atoms with E-state index in [1.165, 1.54) is 12.2 Å². The summed E-state index contributed by atoms with van der Waals surface area (Å²) in [5.74, 6) is -0.0234.